The van der Waals surface area contributed by atoms with Gasteiger partial charge in [-0.15, -0.1) is 0 Å². The van der Waals surface area contributed by atoms with Crippen molar-refractivity contribution in [3.05, 3.63) is 65.0 Å². The first-order valence-corrected chi connectivity index (χ1v) is 11.6. The SMILES string of the molecule is COc1cc2c(c(OC)c1OC)-c1cc(O)c(F)cc1CN(S(=O)(=O)c1ccc(C)cc1)C2. The van der Waals surface area contributed by atoms with E-state index in [1.54, 1.807) is 30.3 Å². The van der Waals surface area contributed by atoms with Gasteiger partial charge in [-0.1, -0.05) is 17.7 Å². The van der Waals surface area contributed by atoms with E-state index in [4.69, 9.17) is 14.2 Å². The van der Waals surface area contributed by atoms with Gasteiger partial charge in [-0.2, -0.15) is 4.31 Å². The third-order valence-electron chi connectivity index (χ3n) is 5.71. The Balaban J connectivity index is 2.00. The predicted molar refractivity (Wildman–Crippen MR) is 121 cm³/mol. The van der Waals surface area contributed by atoms with E-state index in [2.05, 4.69) is 0 Å². The number of ether oxygens (including phenoxy) is 3. The Bertz CT molecular complexity index is 1320. The zero-order valence-corrected chi connectivity index (χ0v) is 19.5. The molecule has 1 heterocycles. The van der Waals surface area contributed by atoms with Gasteiger partial charge in [0.2, 0.25) is 15.8 Å². The Hall–Kier alpha value is -3.30. The number of aromatic hydroxyl groups is 1. The van der Waals surface area contributed by atoms with Crippen LogP contribution in [0.15, 0.2) is 47.4 Å². The van der Waals surface area contributed by atoms with Crippen molar-refractivity contribution in [3.63, 3.8) is 0 Å². The molecule has 0 fully saturated rings. The summed E-state index contributed by atoms with van der Waals surface area (Å²) in [5.41, 5.74) is 2.82. The van der Waals surface area contributed by atoms with Gasteiger partial charge in [0, 0.05) is 18.7 Å². The maximum atomic E-state index is 14.4. The van der Waals surface area contributed by atoms with E-state index >= 15 is 0 Å². The molecule has 0 bridgehead atoms. The van der Waals surface area contributed by atoms with Crippen LogP contribution in [0, 0.1) is 12.7 Å². The Labute approximate surface area is 192 Å². The van der Waals surface area contributed by atoms with Crippen LogP contribution in [-0.2, 0) is 23.1 Å². The van der Waals surface area contributed by atoms with E-state index < -0.39 is 21.6 Å². The number of nitrogens with zero attached hydrogens (tertiary/aromatic N) is 1. The molecule has 0 aliphatic carbocycles. The molecule has 0 amide bonds. The number of hydrogen-bond acceptors (Lipinski definition) is 6. The monoisotopic (exact) mass is 473 g/mol. The summed E-state index contributed by atoms with van der Waals surface area (Å²) in [5, 5.41) is 10.1. The fourth-order valence-corrected chi connectivity index (χ4v) is 5.45. The van der Waals surface area contributed by atoms with Crippen molar-refractivity contribution < 1.29 is 32.1 Å². The number of sulfonamides is 1. The van der Waals surface area contributed by atoms with Gasteiger partial charge in [0.05, 0.1) is 26.2 Å². The van der Waals surface area contributed by atoms with Gasteiger partial charge in [-0.25, -0.2) is 12.8 Å². The highest BCUT2D eigenvalue weighted by molar-refractivity contribution is 7.89. The second-order valence-electron chi connectivity index (χ2n) is 7.73. The summed E-state index contributed by atoms with van der Waals surface area (Å²) in [4.78, 5) is 0.129. The number of phenolic OH excluding ortho intramolecular Hbond substituents is 1. The highest BCUT2D eigenvalue weighted by Crippen LogP contribution is 2.50. The van der Waals surface area contributed by atoms with Crippen molar-refractivity contribution in [2.24, 2.45) is 0 Å². The van der Waals surface area contributed by atoms with Crippen molar-refractivity contribution in [2.45, 2.75) is 24.9 Å². The fourth-order valence-electron chi connectivity index (χ4n) is 4.06. The van der Waals surface area contributed by atoms with Gasteiger partial charge in [0.25, 0.3) is 0 Å². The standard InChI is InChI=1S/C24H24FNO6S/c1-14-5-7-17(8-6-14)33(28,29)26-12-15-9-19(25)20(27)11-18(15)22-16(13-26)10-21(30-2)23(31-3)24(22)32-4/h5-11,27H,12-13H2,1-4H3. The lowest BCUT2D eigenvalue weighted by molar-refractivity contribution is 0.324. The van der Waals surface area contributed by atoms with Crippen molar-refractivity contribution in [2.75, 3.05) is 21.3 Å². The van der Waals surface area contributed by atoms with Crippen molar-refractivity contribution in [1.29, 1.82) is 0 Å². The van der Waals surface area contributed by atoms with Gasteiger partial charge in [-0.3, -0.25) is 0 Å². The zero-order valence-electron chi connectivity index (χ0n) is 18.7. The Morgan fingerprint density at radius 1 is 0.909 bits per heavy atom. The summed E-state index contributed by atoms with van der Waals surface area (Å²) in [7, 11) is 0.448. The summed E-state index contributed by atoms with van der Waals surface area (Å²) < 4.78 is 59.3. The lowest BCUT2D eigenvalue weighted by Gasteiger charge is -2.22. The lowest BCUT2D eigenvalue weighted by atomic mass is 9.94. The summed E-state index contributed by atoms with van der Waals surface area (Å²) in [5.74, 6) is -0.427. The molecule has 0 radical (unpaired) electrons. The van der Waals surface area contributed by atoms with E-state index in [9.17, 15) is 17.9 Å². The molecule has 9 heteroatoms. The first kappa shape index (κ1) is 22.9. The van der Waals surface area contributed by atoms with Gasteiger partial charge in [0.15, 0.2) is 23.1 Å². The number of methoxy groups -OCH3 is 3. The highest BCUT2D eigenvalue weighted by Gasteiger charge is 2.33. The average Bonchev–Trinajstić information content (AvgIpc) is 2.95. The van der Waals surface area contributed by atoms with Crippen LogP contribution in [0.1, 0.15) is 16.7 Å². The molecule has 0 saturated heterocycles. The molecule has 7 nitrogen and oxygen atoms in total. The third-order valence-corrected chi connectivity index (χ3v) is 7.51. The molecule has 174 valence electrons. The van der Waals surface area contributed by atoms with Crippen LogP contribution in [0.2, 0.25) is 0 Å². The van der Waals surface area contributed by atoms with Crippen LogP contribution >= 0.6 is 0 Å². The molecule has 0 unspecified atom stereocenters. The molecule has 4 rings (SSSR count). The summed E-state index contributed by atoms with van der Waals surface area (Å²) in [6.45, 7) is 1.74. The van der Waals surface area contributed by atoms with E-state index in [0.717, 1.165) is 11.6 Å². The minimum absolute atomic E-state index is 0.0285. The molecular formula is C24H24FNO6S. The number of fused-ring (bicyclic) bond motifs is 3. The van der Waals surface area contributed by atoms with Crippen LogP contribution in [0.3, 0.4) is 0 Å². The second kappa shape index (κ2) is 8.57. The molecule has 1 aliphatic rings. The molecule has 1 N–H and O–H groups in total. The first-order valence-electron chi connectivity index (χ1n) is 10.1. The average molecular weight is 474 g/mol. The topological polar surface area (TPSA) is 85.3 Å². The van der Waals surface area contributed by atoms with Gasteiger partial charge in [0.1, 0.15) is 0 Å². The smallest absolute Gasteiger partial charge is 0.243 e. The molecule has 0 aromatic heterocycles. The fraction of sp³-hybridized carbons (Fsp3) is 0.250. The largest absolute Gasteiger partial charge is 0.505 e. The Kier molecular flexibility index (Phi) is 5.94. The number of hydrogen-bond donors (Lipinski definition) is 1. The maximum absolute atomic E-state index is 14.4. The van der Waals surface area contributed by atoms with Crippen molar-refractivity contribution in [1.82, 2.24) is 4.31 Å². The normalized spacial score (nSPS) is 13.6. The number of rotatable bonds is 5. The minimum Gasteiger partial charge on any atom is -0.505 e. The third kappa shape index (κ3) is 3.87. The van der Waals surface area contributed by atoms with E-state index in [1.807, 2.05) is 6.92 Å². The predicted octanol–water partition coefficient (Wildman–Crippen LogP) is 4.24. The van der Waals surface area contributed by atoms with Crippen LogP contribution in [0.4, 0.5) is 4.39 Å². The Morgan fingerprint density at radius 3 is 2.15 bits per heavy atom. The van der Waals surface area contributed by atoms with Gasteiger partial charge < -0.3 is 19.3 Å². The lowest BCUT2D eigenvalue weighted by Crippen LogP contribution is -2.29. The van der Waals surface area contributed by atoms with E-state index in [1.165, 1.54) is 31.7 Å². The number of aryl methyl sites for hydroxylation is 1. The number of benzene rings is 3. The maximum Gasteiger partial charge on any atom is 0.243 e. The number of halogens is 1. The van der Waals surface area contributed by atoms with Gasteiger partial charge in [-0.05, 0) is 53.9 Å². The molecule has 0 spiro atoms. The summed E-state index contributed by atoms with van der Waals surface area (Å²) in [6, 6.07) is 10.6. The first-order chi connectivity index (χ1) is 15.7. The molecule has 1 aliphatic heterocycles. The van der Waals surface area contributed by atoms with Crippen LogP contribution in [0.5, 0.6) is 23.0 Å². The highest BCUT2D eigenvalue weighted by atomic mass is 32.2. The molecule has 0 atom stereocenters. The van der Waals surface area contributed by atoms with E-state index in [0.29, 0.717) is 39.5 Å². The molecule has 3 aromatic rings. The van der Waals surface area contributed by atoms with Crippen molar-refractivity contribution in [3.8, 4) is 34.1 Å². The minimum atomic E-state index is -3.93. The van der Waals surface area contributed by atoms with Crippen molar-refractivity contribution >= 4 is 10.0 Å². The summed E-state index contributed by atoms with van der Waals surface area (Å²) in [6.07, 6.45) is 0. The molecular weight excluding hydrogens is 449 g/mol. The quantitative estimate of drug-likeness (QED) is 0.597. The zero-order chi connectivity index (χ0) is 23.9. The molecule has 33 heavy (non-hydrogen) atoms. The van der Waals surface area contributed by atoms with Crippen LogP contribution in [0.25, 0.3) is 11.1 Å². The second-order valence-corrected chi connectivity index (χ2v) is 9.66. The molecule has 0 saturated carbocycles. The number of phenols is 1. The molecule has 3 aromatic carbocycles. The Morgan fingerprint density at radius 2 is 1.55 bits per heavy atom. The van der Waals surface area contributed by atoms with Crippen LogP contribution in [-0.4, -0.2) is 39.2 Å². The van der Waals surface area contributed by atoms with Gasteiger partial charge >= 0.3 is 0 Å². The summed E-state index contributed by atoms with van der Waals surface area (Å²) >= 11 is 0. The van der Waals surface area contributed by atoms with E-state index in [-0.39, 0.29) is 18.0 Å². The van der Waals surface area contributed by atoms with Crippen LogP contribution < -0.4 is 14.2 Å².